The number of amides is 1. The lowest BCUT2D eigenvalue weighted by molar-refractivity contribution is -0.140. The van der Waals surface area contributed by atoms with Crippen molar-refractivity contribution in [2.24, 2.45) is 0 Å². The first-order chi connectivity index (χ1) is 12.8. The summed E-state index contributed by atoms with van der Waals surface area (Å²) in [5.74, 6) is 0.595. The number of carbonyl (C=O) groups excluding carboxylic acids is 1. The van der Waals surface area contributed by atoms with E-state index in [1.807, 2.05) is 73.6 Å². The normalized spacial score (nSPS) is 14.5. The van der Waals surface area contributed by atoms with Crippen LogP contribution in [0.5, 0.6) is 5.75 Å². The molecular formula is C22H30N2O3. The average molecular weight is 370 g/mol. The number of benzene rings is 2. The fourth-order valence-electron chi connectivity index (χ4n) is 3.39. The second-order valence-electron chi connectivity index (χ2n) is 7.27. The Bertz CT molecular complexity index is 729. The van der Waals surface area contributed by atoms with Crippen molar-refractivity contribution in [3.63, 3.8) is 0 Å². The Morgan fingerprint density at radius 2 is 1.63 bits per heavy atom. The molecule has 0 aliphatic heterocycles. The van der Waals surface area contributed by atoms with E-state index in [4.69, 9.17) is 4.74 Å². The number of ether oxygens (including phenoxy) is 1. The van der Waals surface area contributed by atoms with E-state index in [1.54, 1.807) is 26.1 Å². The van der Waals surface area contributed by atoms with Crippen LogP contribution >= 0.6 is 0 Å². The van der Waals surface area contributed by atoms with Crippen molar-refractivity contribution in [3.8, 4) is 5.75 Å². The van der Waals surface area contributed by atoms with Crippen molar-refractivity contribution < 1.29 is 14.6 Å². The number of carbonyl (C=O) groups is 1. The van der Waals surface area contributed by atoms with Gasteiger partial charge in [-0.1, -0.05) is 42.5 Å². The molecule has 0 aromatic heterocycles. The molecule has 5 heteroatoms. The number of hydrogen-bond donors (Lipinski definition) is 1. The smallest absolute Gasteiger partial charge is 0.235 e. The van der Waals surface area contributed by atoms with Crippen molar-refractivity contribution in [1.82, 2.24) is 9.80 Å². The Hall–Kier alpha value is -2.37. The minimum Gasteiger partial charge on any atom is -0.497 e. The first-order valence-electron chi connectivity index (χ1n) is 9.07. The van der Waals surface area contributed by atoms with E-state index in [1.165, 1.54) is 0 Å². The molecule has 0 bridgehead atoms. The van der Waals surface area contributed by atoms with Gasteiger partial charge >= 0.3 is 0 Å². The monoisotopic (exact) mass is 370 g/mol. The van der Waals surface area contributed by atoms with Gasteiger partial charge in [0.05, 0.1) is 13.2 Å². The van der Waals surface area contributed by atoms with Crippen LogP contribution in [-0.4, -0.2) is 62.7 Å². The molecule has 0 fully saturated rings. The van der Waals surface area contributed by atoms with Gasteiger partial charge in [-0.2, -0.15) is 0 Å². The zero-order valence-electron chi connectivity index (χ0n) is 16.8. The molecule has 27 heavy (non-hydrogen) atoms. The van der Waals surface area contributed by atoms with Gasteiger partial charge in [0.25, 0.3) is 0 Å². The third-order valence-electron chi connectivity index (χ3n) is 4.93. The number of rotatable bonds is 8. The number of hydrogen-bond acceptors (Lipinski definition) is 4. The Labute approximate surface area is 162 Å². The summed E-state index contributed by atoms with van der Waals surface area (Å²) in [5.41, 5.74) is 0.406. The van der Waals surface area contributed by atoms with Gasteiger partial charge < -0.3 is 19.6 Å². The highest BCUT2D eigenvalue weighted by molar-refractivity contribution is 5.89. The van der Waals surface area contributed by atoms with Gasteiger partial charge in [-0.25, -0.2) is 0 Å². The maximum atomic E-state index is 13.5. The Morgan fingerprint density at radius 1 is 1.04 bits per heavy atom. The van der Waals surface area contributed by atoms with E-state index >= 15 is 0 Å². The van der Waals surface area contributed by atoms with Crippen LogP contribution in [0.3, 0.4) is 0 Å². The zero-order chi connectivity index (χ0) is 20.0. The summed E-state index contributed by atoms with van der Waals surface area (Å²) in [5, 5.41) is 11.4. The molecule has 146 valence electrons. The first-order valence-corrected chi connectivity index (χ1v) is 9.07. The van der Waals surface area contributed by atoms with E-state index < -0.39 is 11.5 Å². The molecule has 0 spiro atoms. The van der Waals surface area contributed by atoms with Gasteiger partial charge in [0.2, 0.25) is 5.91 Å². The Balaban J connectivity index is 2.65. The summed E-state index contributed by atoms with van der Waals surface area (Å²) in [4.78, 5) is 17.1. The van der Waals surface area contributed by atoms with Crippen LogP contribution in [0.1, 0.15) is 23.7 Å². The molecule has 0 saturated heterocycles. The lowest BCUT2D eigenvalue weighted by atomic mass is 9.69. The summed E-state index contributed by atoms with van der Waals surface area (Å²) >= 11 is 0. The fourth-order valence-corrected chi connectivity index (χ4v) is 3.39. The van der Waals surface area contributed by atoms with Crippen LogP contribution in [0.4, 0.5) is 0 Å². The first kappa shape index (κ1) is 20.9. The second-order valence-corrected chi connectivity index (χ2v) is 7.27. The third-order valence-corrected chi connectivity index (χ3v) is 4.93. The largest absolute Gasteiger partial charge is 0.497 e. The van der Waals surface area contributed by atoms with E-state index in [0.29, 0.717) is 18.7 Å². The van der Waals surface area contributed by atoms with Crippen molar-refractivity contribution in [3.05, 3.63) is 65.7 Å². The standard InChI is InChI=1S/C22H30N2O3/c1-23(2)16-15-22(21(26)24(3)4,18-11-13-19(27-5)14-12-18)20(25)17-9-7-6-8-10-17/h6-14,20,25H,15-16H2,1-5H3. The molecule has 1 amide bonds. The maximum Gasteiger partial charge on any atom is 0.235 e. The van der Waals surface area contributed by atoms with E-state index in [9.17, 15) is 9.90 Å². The summed E-state index contributed by atoms with van der Waals surface area (Å²) in [7, 11) is 9.00. The highest BCUT2D eigenvalue weighted by Gasteiger charge is 2.48. The van der Waals surface area contributed by atoms with Crippen molar-refractivity contribution in [2.75, 3.05) is 41.8 Å². The molecule has 0 aliphatic carbocycles. The van der Waals surface area contributed by atoms with Crippen LogP contribution < -0.4 is 4.74 Å². The number of aliphatic hydroxyl groups excluding tert-OH is 1. The molecule has 0 heterocycles. The highest BCUT2D eigenvalue weighted by atomic mass is 16.5. The summed E-state index contributed by atoms with van der Waals surface area (Å²) in [6.07, 6.45) is -0.485. The van der Waals surface area contributed by atoms with E-state index in [2.05, 4.69) is 0 Å². The number of nitrogens with zero attached hydrogens (tertiary/aromatic N) is 2. The highest BCUT2D eigenvalue weighted by Crippen LogP contribution is 2.42. The van der Waals surface area contributed by atoms with Crippen LogP contribution in [0, 0.1) is 0 Å². The molecule has 2 aromatic carbocycles. The average Bonchev–Trinajstić information content (AvgIpc) is 2.68. The fraction of sp³-hybridized carbons (Fsp3) is 0.409. The maximum absolute atomic E-state index is 13.5. The summed E-state index contributed by atoms with van der Waals surface area (Å²) in [6.45, 7) is 0.662. The molecule has 2 rings (SSSR count). The SMILES string of the molecule is COc1ccc(C(CCN(C)C)(C(=O)N(C)C)C(O)c2ccccc2)cc1. The molecule has 5 nitrogen and oxygen atoms in total. The number of aliphatic hydroxyl groups is 1. The summed E-state index contributed by atoms with van der Waals surface area (Å²) in [6, 6.07) is 16.8. The van der Waals surface area contributed by atoms with Gasteiger partial charge in [0.15, 0.2) is 0 Å². The predicted molar refractivity (Wildman–Crippen MR) is 108 cm³/mol. The molecule has 2 unspecified atom stereocenters. The topological polar surface area (TPSA) is 53.0 Å². The van der Waals surface area contributed by atoms with Crippen LogP contribution in [-0.2, 0) is 10.2 Å². The second kappa shape index (κ2) is 9.02. The molecule has 0 aliphatic rings. The molecule has 0 saturated carbocycles. The van der Waals surface area contributed by atoms with Crippen LogP contribution in [0.15, 0.2) is 54.6 Å². The molecular weight excluding hydrogens is 340 g/mol. The lowest BCUT2D eigenvalue weighted by Crippen LogP contribution is -2.49. The van der Waals surface area contributed by atoms with Gasteiger partial charge in [0.1, 0.15) is 11.2 Å². The van der Waals surface area contributed by atoms with Crippen LogP contribution in [0.2, 0.25) is 0 Å². The lowest BCUT2D eigenvalue weighted by Gasteiger charge is -2.40. The molecule has 2 atom stereocenters. The van der Waals surface area contributed by atoms with Crippen LogP contribution in [0.25, 0.3) is 0 Å². The van der Waals surface area contributed by atoms with Gasteiger partial charge in [-0.15, -0.1) is 0 Å². The zero-order valence-corrected chi connectivity index (χ0v) is 16.8. The van der Waals surface area contributed by atoms with Gasteiger partial charge in [-0.3, -0.25) is 4.79 Å². The minimum atomic E-state index is -1.10. The van der Waals surface area contributed by atoms with Gasteiger partial charge in [-0.05, 0) is 50.3 Å². The molecule has 2 aromatic rings. The molecule has 1 N–H and O–H groups in total. The number of likely N-dealkylation sites (N-methyl/N-ethyl adjacent to an activating group) is 1. The molecule has 0 radical (unpaired) electrons. The van der Waals surface area contributed by atoms with Crippen molar-refractivity contribution in [1.29, 1.82) is 0 Å². The van der Waals surface area contributed by atoms with Crippen molar-refractivity contribution >= 4 is 5.91 Å². The van der Waals surface area contributed by atoms with Gasteiger partial charge in [0, 0.05) is 14.1 Å². The third kappa shape index (κ3) is 4.49. The van der Waals surface area contributed by atoms with E-state index in [-0.39, 0.29) is 5.91 Å². The van der Waals surface area contributed by atoms with Crippen molar-refractivity contribution in [2.45, 2.75) is 17.9 Å². The number of methoxy groups -OCH3 is 1. The summed E-state index contributed by atoms with van der Waals surface area (Å²) < 4.78 is 5.27. The predicted octanol–water partition coefficient (Wildman–Crippen LogP) is 2.71. The quantitative estimate of drug-likeness (QED) is 0.776. The minimum absolute atomic E-state index is 0.120. The van der Waals surface area contributed by atoms with E-state index in [0.717, 1.165) is 11.1 Å². The Morgan fingerprint density at radius 3 is 2.11 bits per heavy atom. The Kier molecular flexibility index (Phi) is 6.99.